The van der Waals surface area contributed by atoms with Gasteiger partial charge in [0.15, 0.2) is 0 Å². The van der Waals surface area contributed by atoms with Crippen molar-refractivity contribution in [1.29, 1.82) is 0 Å². The Bertz CT molecular complexity index is 1020. The molecule has 3 amide bonds. The van der Waals surface area contributed by atoms with E-state index in [1.165, 1.54) is 21.9 Å². The van der Waals surface area contributed by atoms with Crippen LogP contribution < -0.4 is 15.0 Å². The SMILES string of the molecule is CC(C)[C@H]1CN(c2ccc(C(F)(F)F)nc2)C(=O)N1CC(=O)Nc1ccc(OC(F)(F)F)cc1. The summed E-state index contributed by atoms with van der Waals surface area (Å²) in [6.45, 7) is 3.43. The van der Waals surface area contributed by atoms with Gasteiger partial charge in [0.25, 0.3) is 0 Å². The molecule has 1 aromatic carbocycles. The van der Waals surface area contributed by atoms with Gasteiger partial charge in [-0.3, -0.25) is 9.69 Å². The Labute approximate surface area is 190 Å². The highest BCUT2D eigenvalue weighted by atomic mass is 19.4. The second-order valence-corrected chi connectivity index (χ2v) is 7.85. The molecule has 1 aliphatic heterocycles. The molecule has 34 heavy (non-hydrogen) atoms. The Morgan fingerprint density at radius 2 is 1.76 bits per heavy atom. The van der Waals surface area contributed by atoms with Crippen LogP contribution in [0.1, 0.15) is 19.5 Å². The molecule has 1 aliphatic rings. The van der Waals surface area contributed by atoms with Gasteiger partial charge in [0.2, 0.25) is 5.91 Å². The maximum atomic E-state index is 13.0. The van der Waals surface area contributed by atoms with Crippen LogP contribution in [0.3, 0.4) is 0 Å². The molecule has 1 saturated heterocycles. The van der Waals surface area contributed by atoms with E-state index >= 15 is 0 Å². The number of carbonyl (C=O) groups excluding carboxylic acids is 2. The van der Waals surface area contributed by atoms with Crippen molar-refractivity contribution in [3.63, 3.8) is 0 Å². The summed E-state index contributed by atoms with van der Waals surface area (Å²) in [5.74, 6) is -1.14. The largest absolute Gasteiger partial charge is 0.573 e. The molecule has 1 atom stereocenters. The standard InChI is InChI=1S/C21H20F6N4O3/c1-12(2)16-10-30(14-5-8-17(28-9-14)20(22,23)24)19(33)31(16)11-18(32)29-13-3-6-15(7-4-13)34-21(25,26)27/h3-9,12,16H,10-11H2,1-2H3,(H,29,32)/t16-/m1/s1. The number of aromatic nitrogens is 1. The number of hydrogen-bond donors (Lipinski definition) is 1. The highest BCUT2D eigenvalue weighted by Gasteiger charge is 2.41. The fraction of sp³-hybridized carbons (Fsp3) is 0.381. The molecule has 2 aromatic rings. The number of rotatable bonds is 6. The number of halogens is 6. The quantitative estimate of drug-likeness (QED) is 0.585. The number of nitrogens with one attached hydrogen (secondary N) is 1. The number of hydrogen-bond acceptors (Lipinski definition) is 4. The second-order valence-electron chi connectivity index (χ2n) is 7.85. The number of pyridine rings is 1. The van der Waals surface area contributed by atoms with Crippen LogP contribution in [0.4, 0.5) is 42.5 Å². The molecule has 0 spiro atoms. The lowest BCUT2D eigenvalue weighted by molar-refractivity contribution is -0.274. The zero-order chi connectivity index (χ0) is 25.3. The summed E-state index contributed by atoms with van der Waals surface area (Å²) in [5, 5.41) is 2.49. The maximum absolute atomic E-state index is 13.0. The average molecular weight is 490 g/mol. The number of amides is 3. The number of carbonyl (C=O) groups is 2. The van der Waals surface area contributed by atoms with Gasteiger partial charge in [-0.15, -0.1) is 13.2 Å². The Hall–Kier alpha value is -3.51. The lowest BCUT2D eigenvalue weighted by Crippen LogP contribution is -2.42. The van der Waals surface area contributed by atoms with Crippen LogP contribution in [0.15, 0.2) is 42.6 Å². The molecule has 0 bridgehead atoms. The molecular formula is C21H20F6N4O3. The first-order valence-corrected chi connectivity index (χ1v) is 10.0. The number of alkyl halides is 6. The monoisotopic (exact) mass is 490 g/mol. The zero-order valence-corrected chi connectivity index (χ0v) is 17.9. The number of benzene rings is 1. The first kappa shape index (κ1) is 25.1. The van der Waals surface area contributed by atoms with Crippen LogP contribution in [0.2, 0.25) is 0 Å². The van der Waals surface area contributed by atoms with Crippen molar-refractivity contribution < 1.29 is 40.7 Å². The van der Waals surface area contributed by atoms with Gasteiger partial charge in [-0.2, -0.15) is 13.2 Å². The molecule has 1 fully saturated rings. The number of nitrogens with zero attached hydrogens (tertiary/aromatic N) is 3. The number of anilines is 2. The average Bonchev–Trinajstić information content (AvgIpc) is 3.04. The van der Waals surface area contributed by atoms with Crippen molar-refractivity contribution in [2.24, 2.45) is 5.92 Å². The van der Waals surface area contributed by atoms with Crippen molar-refractivity contribution in [3.05, 3.63) is 48.3 Å². The van der Waals surface area contributed by atoms with E-state index < -0.39 is 42.0 Å². The molecule has 7 nitrogen and oxygen atoms in total. The number of urea groups is 1. The molecule has 0 saturated carbocycles. The van der Waals surface area contributed by atoms with Gasteiger partial charge in [0.05, 0.1) is 17.9 Å². The molecule has 0 radical (unpaired) electrons. The summed E-state index contributed by atoms with van der Waals surface area (Å²) in [7, 11) is 0. The van der Waals surface area contributed by atoms with Crippen molar-refractivity contribution >= 4 is 23.3 Å². The smallest absolute Gasteiger partial charge is 0.406 e. The van der Waals surface area contributed by atoms with Gasteiger partial charge in [-0.1, -0.05) is 13.8 Å². The molecule has 1 aromatic heterocycles. The Morgan fingerprint density at radius 1 is 1.12 bits per heavy atom. The van der Waals surface area contributed by atoms with Crippen LogP contribution >= 0.6 is 0 Å². The summed E-state index contributed by atoms with van der Waals surface area (Å²) < 4.78 is 78.8. The third kappa shape index (κ3) is 6.08. The minimum Gasteiger partial charge on any atom is -0.406 e. The molecule has 0 aliphatic carbocycles. The summed E-state index contributed by atoms with van der Waals surface area (Å²) in [6.07, 6.45) is -8.51. The second kappa shape index (κ2) is 9.39. The molecule has 1 N–H and O–H groups in total. The highest BCUT2D eigenvalue weighted by Crippen LogP contribution is 2.31. The molecule has 0 unspecified atom stereocenters. The van der Waals surface area contributed by atoms with Crippen LogP contribution in [-0.4, -0.2) is 47.3 Å². The molecule has 13 heteroatoms. The van der Waals surface area contributed by atoms with E-state index in [1.807, 2.05) is 13.8 Å². The van der Waals surface area contributed by atoms with Gasteiger partial charge in [-0.25, -0.2) is 9.78 Å². The zero-order valence-electron chi connectivity index (χ0n) is 17.9. The third-order valence-corrected chi connectivity index (χ3v) is 5.05. The van der Waals surface area contributed by atoms with Crippen molar-refractivity contribution in [3.8, 4) is 5.75 Å². The lowest BCUT2D eigenvalue weighted by atomic mass is 10.0. The van der Waals surface area contributed by atoms with Crippen LogP contribution in [0.5, 0.6) is 5.75 Å². The first-order valence-electron chi connectivity index (χ1n) is 10.0. The predicted molar refractivity (Wildman–Crippen MR) is 109 cm³/mol. The highest BCUT2D eigenvalue weighted by molar-refractivity contribution is 5.99. The predicted octanol–water partition coefficient (Wildman–Crippen LogP) is 4.90. The third-order valence-electron chi connectivity index (χ3n) is 5.05. The van der Waals surface area contributed by atoms with Gasteiger partial charge < -0.3 is 15.0 Å². The molecule has 2 heterocycles. The summed E-state index contributed by atoms with van der Waals surface area (Å²) >= 11 is 0. The topological polar surface area (TPSA) is 74.8 Å². The Balaban J connectivity index is 1.69. The van der Waals surface area contributed by atoms with E-state index in [1.54, 1.807) is 0 Å². The lowest BCUT2D eigenvalue weighted by Gasteiger charge is -2.25. The van der Waals surface area contributed by atoms with Gasteiger partial charge in [-0.05, 0) is 42.3 Å². The fourth-order valence-corrected chi connectivity index (χ4v) is 3.44. The van der Waals surface area contributed by atoms with Gasteiger partial charge in [0.1, 0.15) is 18.0 Å². The minimum atomic E-state index is -4.85. The Morgan fingerprint density at radius 3 is 2.26 bits per heavy atom. The molecular weight excluding hydrogens is 470 g/mol. The van der Waals surface area contributed by atoms with Gasteiger partial charge in [0, 0.05) is 12.2 Å². The van der Waals surface area contributed by atoms with E-state index in [0.717, 1.165) is 30.5 Å². The summed E-state index contributed by atoms with van der Waals surface area (Å²) in [6, 6.07) is 5.40. The first-order chi connectivity index (χ1) is 15.7. The summed E-state index contributed by atoms with van der Waals surface area (Å²) in [4.78, 5) is 31.4. The maximum Gasteiger partial charge on any atom is 0.573 e. The van der Waals surface area contributed by atoms with Crippen LogP contribution in [0, 0.1) is 5.92 Å². The van der Waals surface area contributed by atoms with Crippen molar-refractivity contribution in [2.45, 2.75) is 32.4 Å². The molecule has 3 rings (SSSR count). The summed E-state index contributed by atoms with van der Waals surface area (Å²) in [5.41, 5.74) is -0.742. The van der Waals surface area contributed by atoms with Crippen molar-refractivity contribution in [1.82, 2.24) is 9.88 Å². The van der Waals surface area contributed by atoms with E-state index in [4.69, 9.17) is 0 Å². The number of ether oxygens (including phenoxy) is 1. The normalized spacial score (nSPS) is 16.9. The molecule has 184 valence electrons. The Kier molecular flexibility index (Phi) is 6.94. The van der Waals surface area contributed by atoms with Gasteiger partial charge >= 0.3 is 18.6 Å². The van der Waals surface area contributed by atoms with Crippen LogP contribution in [-0.2, 0) is 11.0 Å². The van der Waals surface area contributed by atoms with E-state index in [-0.39, 0.29) is 30.4 Å². The van der Waals surface area contributed by atoms with E-state index in [0.29, 0.717) is 0 Å². The minimum absolute atomic E-state index is 0.0806. The van der Waals surface area contributed by atoms with E-state index in [2.05, 4.69) is 15.0 Å². The van der Waals surface area contributed by atoms with E-state index in [9.17, 15) is 35.9 Å². The van der Waals surface area contributed by atoms with Crippen LogP contribution in [0.25, 0.3) is 0 Å². The van der Waals surface area contributed by atoms with Crippen molar-refractivity contribution in [2.75, 3.05) is 23.3 Å². The fourth-order valence-electron chi connectivity index (χ4n) is 3.44.